The second-order valence-corrected chi connectivity index (χ2v) is 5.90. The van der Waals surface area contributed by atoms with Gasteiger partial charge in [0.25, 0.3) is 0 Å². The third-order valence-electron chi connectivity index (χ3n) is 3.51. The summed E-state index contributed by atoms with van der Waals surface area (Å²) in [7, 11) is 0. The van der Waals surface area contributed by atoms with Crippen LogP contribution < -0.4 is 0 Å². The molecule has 0 bridgehead atoms. The van der Waals surface area contributed by atoms with Gasteiger partial charge in [0, 0.05) is 23.8 Å². The first-order valence-corrected chi connectivity index (χ1v) is 8.23. The maximum Gasteiger partial charge on any atom is 0.245 e. The van der Waals surface area contributed by atoms with E-state index in [0.29, 0.717) is 24.6 Å². The molecule has 0 fully saturated rings. The summed E-state index contributed by atoms with van der Waals surface area (Å²) >= 11 is 9.37. The molecule has 1 amide bonds. The largest absolute Gasteiger partial charge is 0.341 e. The maximum absolute atomic E-state index is 12.6. The van der Waals surface area contributed by atoms with Crippen LogP contribution in [-0.2, 0) is 10.7 Å². The van der Waals surface area contributed by atoms with Gasteiger partial charge in [-0.1, -0.05) is 0 Å². The number of carbonyl (C=O) groups excluding carboxylic acids is 1. The smallest absolute Gasteiger partial charge is 0.245 e. The summed E-state index contributed by atoms with van der Waals surface area (Å²) in [6, 6.07) is 1.50. The fourth-order valence-corrected chi connectivity index (χ4v) is 2.92. The van der Waals surface area contributed by atoms with Crippen LogP contribution >= 0.6 is 27.5 Å². The van der Waals surface area contributed by atoms with Crippen molar-refractivity contribution in [3.63, 3.8) is 0 Å². The van der Waals surface area contributed by atoms with E-state index >= 15 is 0 Å². The van der Waals surface area contributed by atoms with Crippen molar-refractivity contribution in [2.45, 2.75) is 32.7 Å². The van der Waals surface area contributed by atoms with Crippen LogP contribution in [-0.4, -0.2) is 38.4 Å². The number of fused-ring (bicyclic) bond motifs is 1. The maximum atomic E-state index is 12.6. The van der Waals surface area contributed by atoms with Crippen LogP contribution in [0, 0.1) is 0 Å². The van der Waals surface area contributed by atoms with E-state index in [-0.39, 0.29) is 17.8 Å². The minimum Gasteiger partial charge on any atom is -0.341 e. The quantitative estimate of drug-likeness (QED) is 0.755. The number of nitrogens with zero attached hydrogens (tertiary/aromatic N) is 4. The second kappa shape index (κ2) is 6.75. The predicted octanol–water partition coefficient (Wildman–Crippen LogP) is 3.36. The number of likely N-dealkylation sites (N-methyl/N-ethyl adjacent to an activating group) is 1. The Morgan fingerprint density at radius 1 is 1.48 bits per heavy atom. The molecule has 114 valence electrons. The Hall–Kier alpha value is -1.14. The lowest BCUT2D eigenvalue weighted by atomic mass is 10.2. The highest BCUT2D eigenvalue weighted by atomic mass is 79.9. The average Bonchev–Trinajstić information content (AvgIpc) is 2.84. The van der Waals surface area contributed by atoms with Gasteiger partial charge in [-0.3, -0.25) is 9.36 Å². The SMILES string of the molecule is CCN(CC)C(=O)C(C)n1c(CCl)nc2cc(Br)cnc21. The van der Waals surface area contributed by atoms with Gasteiger partial charge in [0.05, 0.1) is 5.88 Å². The molecule has 2 aromatic heterocycles. The Kier molecular flexibility index (Phi) is 5.22. The van der Waals surface area contributed by atoms with E-state index in [1.165, 1.54) is 0 Å². The molecule has 1 unspecified atom stereocenters. The van der Waals surface area contributed by atoms with Crippen molar-refractivity contribution in [3.8, 4) is 0 Å². The lowest BCUT2D eigenvalue weighted by molar-refractivity contribution is -0.133. The minimum absolute atomic E-state index is 0.0513. The number of hydrogen-bond acceptors (Lipinski definition) is 3. The number of hydrogen-bond donors (Lipinski definition) is 0. The van der Waals surface area contributed by atoms with Crippen LogP contribution in [0.4, 0.5) is 0 Å². The fraction of sp³-hybridized carbons (Fsp3) is 0.500. The number of rotatable bonds is 5. The monoisotopic (exact) mass is 372 g/mol. The van der Waals surface area contributed by atoms with Gasteiger partial charge in [0.1, 0.15) is 17.4 Å². The van der Waals surface area contributed by atoms with Gasteiger partial charge in [-0.25, -0.2) is 9.97 Å². The van der Waals surface area contributed by atoms with Crippen molar-refractivity contribution in [2.24, 2.45) is 0 Å². The Morgan fingerprint density at radius 2 is 2.14 bits per heavy atom. The fourth-order valence-electron chi connectivity index (χ4n) is 2.42. The van der Waals surface area contributed by atoms with Crippen molar-refractivity contribution in [2.75, 3.05) is 13.1 Å². The van der Waals surface area contributed by atoms with E-state index < -0.39 is 0 Å². The van der Waals surface area contributed by atoms with Gasteiger partial charge in [-0.15, -0.1) is 11.6 Å². The molecule has 7 heteroatoms. The number of imidazole rings is 1. The van der Waals surface area contributed by atoms with Crippen LogP contribution in [0.5, 0.6) is 0 Å². The summed E-state index contributed by atoms with van der Waals surface area (Å²) in [4.78, 5) is 23.2. The van der Waals surface area contributed by atoms with Crippen LogP contribution in [0.3, 0.4) is 0 Å². The van der Waals surface area contributed by atoms with E-state index in [4.69, 9.17) is 11.6 Å². The van der Waals surface area contributed by atoms with Crippen molar-refractivity contribution in [3.05, 3.63) is 22.6 Å². The molecule has 0 aliphatic carbocycles. The lowest BCUT2D eigenvalue weighted by Gasteiger charge is -2.24. The molecule has 0 saturated carbocycles. The van der Waals surface area contributed by atoms with Crippen LogP contribution in [0.15, 0.2) is 16.7 Å². The van der Waals surface area contributed by atoms with Gasteiger partial charge in [-0.05, 0) is 42.8 Å². The third kappa shape index (κ3) is 3.06. The Bertz CT molecular complexity index is 654. The predicted molar refractivity (Wildman–Crippen MR) is 87.4 cm³/mol. The summed E-state index contributed by atoms with van der Waals surface area (Å²) in [5, 5.41) is 0. The van der Waals surface area contributed by atoms with E-state index in [1.807, 2.05) is 31.4 Å². The van der Waals surface area contributed by atoms with Crippen LogP contribution in [0.25, 0.3) is 11.2 Å². The molecule has 0 spiro atoms. The normalized spacial score (nSPS) is 12.6. The van der Waals surface area contributed by atoms with Crippen molar-refractivity contribution in [1.82, 2.24) is 19.4 Å². The highest BCUT2D eigenvalue weighted by Gasteiger charge is 2.24. The summed E-state index contributed by atoms with van der Waals surface area (Å²) in [6.45, 7) is 7.17. The Morgan fingerprint density at radius 3 is 2.71 bits per heavy atom. The zero-order chi connectivity index (χ0) is 15.6. The number of pyridine rings is 1. The van der Waals surface area contributed by atoms with E-state index in [2.05, 4.69) is 25.9 Å². The third-order valence-corrected chi connectivity index (χ3v) is 4.18. The van der Waals surface area contributed by atoms with Gasteiger partial charge in [0.15, 0.2) is 5.65 Å². The second-order valence-electron chi connectivity index (χ2n) is 4.71. The number of alkyl halides is 1. The van der Waals surface area contributed by atoms with E-state index in [0.717, 1.165) is 9.99 Å². The highest BCUT2D eigenvalue weighted by Crippen LogP contribution is 2.24. The summed E-state index contributed by atoms with van der Waals surface area (Å²) in [5.41, 5.74) is 1.42. The molecule has 0 aliphatic heterocycles. The zero-order valence-corrected chi connectivity index (χ0v) is 14.6. The molecule has 0 aromatic carbocycles. The topological polar surface area (TPSA) is 51.0 Å². The molecule has 2 heterocycles. The van der Waals surface area contributed by atoms with Crippen molar-refractivity contribution < 1.29 is 4.79 Å². The summed E-state index contributed by atoms with van der Waals surface area (Å²) in [6.07, 6.45) is 1.70. The molecule has 0 radical (unpaired) electrons. The van der Waals surface area contributed by atoms with Gasteiger partial charge in [-0.2, -0.15) is 0 Å². The average molecular weight is 374 g/mol. The Balaban J connectivity index is 2.51. The number of halogens is 2. The van der Waals surface area contributed by atoms with Gasteiger partial charge < -0.3 is 4.90 Å². The molecule has 21 heavy (non-hydrogen) atoms. The van der Waals surface area contributed by atoms with Crippen molar-refractivity contribution in [1.29, 1.82) is 0 Å². The highest BCUT2D eigenvalue weighted by molar-refractivity contribution is 9.10. The van der Waals surface area contributed by atoms with E-state index in [1.54, 1.807) is 11.1 Å². The Labute approximate surface area is 137 Å². The van der Waals surface area contributed by atoms with Crippen LogP contribution in [0.2, 0.25) is 0 Å². The molecule has 0 saturated heterocycles. The molecular weight excluding hydrogens is 356 g/mol. The van der Waals surface area contributed by atoms with E-state index in [9.17, 15) is 4.79 Å². The molecule has 2 aromatic rings. The first kappa shape index (κ1) is 16.2. The zero-order valence-electron chi connectivity index (χ0n) is 12.3. The lowest BCUT2D eigenvalue weighted by Crippen LogP contribution is -2.36. The molecule has 0 aliphatic rings. The summed E-state index contributed by atoms with van der Waals surface area (Å²) in [5.74, 6) is 0.949. The van der Waals surface area contributed by atoms with Crippen LogP contribution in [0.1, 0.15) is 32.6 Å². The minimum atomic E-state index is -0.377. The van der Waals surface area contributed by atoms with Gasteiger partial charge >= 0.3 is 0 Å². The molecule has 1 atom stereocenters. The number of carbonyl (C=O) groups is 1. The van der Waals surface area contributed by atoms with Gasteiger partial charge in [0.2, 0.25) is 5.91 Å². The number of amides is 1. The standard InChI is InChI=1S/C14H18BrClN4O/c1-4-19(5-2)14(21)9(3)20-12(7-16)18-11-6-10(15)8-17-13(11)20/h6,8-9H,4-5,7H2,1-3H3. The first-order valence-electron chi connectivity index (χ1n) is 6.90. The number of aromatic nitrogens is 3. The molecular formula is C14H18BrClN4O. The summed E-state index contributed by atoms with van der Waals surface area (Å²) < 4.78 is 2.68. The molecule has 0 N–H and O–H groups in total. The molecule has 5 nitrogen and oxygen atoms in total. The first-order chi connectivity index (χ1) is 10.0. The molecule has 2 rings (SSSR count). The van der Waals surface area contributed by atoms with Crippen molar-refractivity contribution >= 4 is 44.6 Å².